The Morgan fingerprint density at radius 3 is 2.42 bits per heavy atom. The number of benzene rings is 3. The number of rotatable bonds is 11. The van der Waals surface area contributed by atoms with E-state index in [1.807, 2.05) is 30.3 Å². The Morgan fingerprint density at radius 1 is 1.03 bits per heavy atom. The standard InChI is InChI=1S/C25H24N2O6/c1-18-8-13-22(23(27(30)31)24(18)33-17-20-6-3-2-4-7-20)25(29)26-14-5-15-32-21-11-9-19(16-28)10-12-21/h2-4,6-13,16H,5,14-15,17H2,1H3,(H,26,29). The first kappa shape index (κ1) is 23.5. The number of hydrogen-bond acceptors (Lipinski definition) is 6. The maximum absolute atomic E-state index is 12.7. The van der Waals surface area contributed by atoms with Gasteiger partial charge in [-0.1, -0.05) is 36.4 Å². The van der Waals surface area contributed by atoms with Gasteiger partial charge in [0.1, 0.15) is 24.2 Å². The van der Waals surface area contributed by atoms with Gasteiger partial charge in [0.2, 0.25) is 5.75 Å². The minimum atomic E-state index is -0.589. The average Bonchev–Trinajstić information content (AvgIpc) is 2.83. The van der Waals surface area contributed by atoms with Crippen LogP contribution in [0.3, 0.4) is 0 Å². The van der Waals surface area contributed by atoms with Crippen LogP contribution in [-0.4, -0.2) is 30.3 Å². The summed E-state index contributed by atoms with van der Waals surface area (Å²) in [5.74, 6) is 0.140. The van der Waals surface area contributed by atoms with Crippen molar-refractivity contribution in [3.8, 4) is 11.5 Å². The molecule has 0 aromatic heterocycles. The summed E-state index contributed by atoms with van der Waals surface area (Å²) >= 11 is 0. The highest BCUT2D eigenvalue weighted by Crippen LogP contribution is 2.35. The van der Waals surface area contributed by atoms with Crippen molar-refractivity contribution in [2.24, 2.45) is 0 Å². The zero-order chi connectivity index (χ0) is 23.6. The van der Waals surface area contributed by atoms with Crippen LogP contribution in [-0.2, 0) is 6.61 Å². The quantitative estimate of drug-likeness (QED) is 0.200. The van der Waals surface area contributed by atoms with Gasteiger partial charge < -0.3 is 14.8 Å². The number of nitrogens with zero attached hydrogens (tertiary/aromatic N) is 1. The fraction of sp³-hybridized carbons (Fsp3) is 0.200. The monoisotopic (exact) mass is 448 g/mol. The zero-order valence-electron chi connectivity index (χ0n) is 18.2. The van der Waals surface area contributed by atoms with Gasteiger partial charge in [0.25, 0.3) is 5.91 Å². The molecule has 3 aromatic rings. The lowest BCUT2D eigenvalue weighted by molar-refractivity contribution is -0.386. The molecule has 3 rings (SSSR count). The smallest absolute Gasteiger partial charge is 0.323 e. The van der Waals surface area contributed by atoms with E-state index in [0.717, 1.165) is 11.8 Å². The first-order chi connectivity index (χ1) is 16.0. The molecule has 0 bridgehead atoms. The summed E-state index contributed by atoms with van der Waals surface area (Å²) in [4.78, 5) is 34.5. The molecule has 0 unspecified atom stereocenters. The molecule has 0 saturated heterocycles. The van der Waals surface area contributed by atoms with E-state index in [-0.39, 0.29) is 30.2 Å². The molecule has 8 nitrogen and oxygen atoms in total. The van der Waals surface area contributed by atoms with E-state index in [1.165, 1.54) is 6.07 Å². The molecule has 3 aromatic carbocycles. The molecule has 0 aliphatic rings. The molecule has 170 valence electrons. The van der Waals surface area contributed by atoms with Crippen molar-refractivity contribution in [1.82, 2.24) is 5.32 Å². The second-order valence-electron chi connectivity index (χ2n) is 7.28. The van der Waals surface area contributed by atoms with E-state index in [1.54, 1.807) is 37.3 Å². The third-order valence-electron chi connectivity index (χ3n) is 4.87. The lowest BCUT2D eigenvalue weighted by atomic mass is 10.1. The number of amides is 1. The van der Waals surface area contributed by atoms with Crippen LogP contribution >= 0.6 is 0 Å². The van der Waals surface area contributed by atoms with Gasteiger partial charge in [-0.25, -0.2) is 0 Å². The molecule has 1 amide bonds. The molecular formula is C25H24N2O6. The van der Waals surface area contributed by atoms with Crippen molar-refractivity contribution in [1.29, 1.82) is 0 Å². The Balaban J connectivity index is 1.60. The molecule has 8 heteroatoms. The van der Waals surface area contributed by atoms with Crippen LogP contribution in [0.15, 0.2) is 66.7 Å². The minimum absolute atomic E-state index is 0.0565. The third-order valence-corrected chi connectivity index (χ3v) is 4.87. The highest BCUT2D eigenvalue weighted by Gasteiger charge is 2.27. The number of carbonyl (C=O) groups is 2. The number of nitro groups is 1. The Hall–Kier alpha value is -4.20. The van der Waals surface area contributed by atoms with Gasteiger partial charge in [-0.05, 0) is 54.8 Å². The fourth-order valence-corrected chi connectivity index (χ4v) is 3.15. The molecule has 0 fully saturated rings. The van der Waals surface area contributed by atoms with Crippen LogP contribution in [0.5, 0.6) is 11.5 Å². The van der Waals surface area contributed by atoms with Crippen LogP contribution in [0.2, 0.25) is 0 Å². The van der Waals surface area contributed by atoms with E-state index >= 15 is 0 Å². The Kier molecular flexibility index (Phi) is 8.13. The number of hydrogen-bond donors (Lipinski definition) is 1. The maximum Gasteiger partial charge on any atom is 0.323 e. The normalized spacial score (nSPS) is 10.3. The number of carbonyl (C=O) groups excluding carboxylic acids is 2. The van der Waals surface area contributed by atoms with Crippen molar-refractivity contribution in [2.45, 2.75) is 20.0 Å². The average molecular weight is 448 g/mol. The summed E-state index contributed by atoms with van der Waals surface area (Å²) in [5.41, 5.74) is 1.58. The van der Waals surface area contributed by atoms with Gasteiger partial charge in [-0.3, -0.25) is 19.7 Å². The highest BCUT2D eigenvalue weighted by atomic mass is 16.6. The van der Waals surface area contributed by atoms with Crippen LogP contribution < -0.4 is 14.8 Å². The van der Waals surface area contributed by atoms with E-state index in [0.29, 0.717) is 29.9 Å². The second-order valence-corrected chi connectivity index (χ2v) is 7.28. The summed E-state index contributed by atoms with van der Waals surface area (Å²) in [6.07, 6.45) is 1.25. The van der Waals surface area contributed by atoms with Crippen LogP contribution in [0, 0.1) is 17.0 Å². The Morgan fingerprint density at radius 2 is 1.76 bits per heavy atom. The molecular weight excluding hydrogens is 424 g/mol. The lowest BCUT2D eigenvalue weighted by Crippen LogP contribution is -2.26. The first-order valence-electron chi connectivity index (χ1n) is 10.4. The summed E-state index contributed by atoms with van der Waals surface area (Å²) in [6.45, 7) is 2.46. The van der Waals surface area contributed by atoms with Crippen molar-refractivity contribution in [3.63, 3.8) is 0 Å². The molecule has 0 spiro atoms. The van der Waals surface area contributed by atoms with E-state index in [9.17, 15) is 19.7 Å². The fourth-order valence-electron chi connectivity index (χ4n) is 3.15. The highest BCUT2D eigenvalue weighted by molar-refractivity contribution is 5.99. The van der Waals surface area contributed by atoms with E-state index < -0.39 is 10.8 Å². The van der Waals surface area contributed by atoms with Crippen molar-refractivity contribution >= 4 is 17.9 Å². The molecule has 0 aliphatic heterocycles. The second kappa shape index (κ2) is 11.4. The van der Waals surface area contributed by atoms with Crippen LogP contribution in [0.1, 0.15) is 38.3 Å². The number of nitrogens with one attached hydrogen (secondary N) is 1. The molecule has 0 heterocycles. The van der Waals surface area contributed by atoms with Gasteiger partial charge in [0, 0.05) is 12.1 Å². The Labute approximate surface area is 191 Å². The molecule has 0 aliphatic carbocycles. The van der Waals surface area contributed by atoms with Crippen LogP contribution in [0.4, 0.5) is 5.69 Å². The van der Waals surface area contributed by atoms with Crippen molar-refractivity contribution in [3.05, 3.63) is 99.1 Å². The minimum Gasteiger partial charge on any atom is -0.494 e. The number of aldehydes is 1. The molecule has 0 saturated carbocycles. The summed E-state index contributed by atoms with van der Waals surface area (Å²) < 4.78 is 11.3. The Bertz CT molecular complexity index is 1110. The van der Waals surface area contributed by atoms with Crippen molar-refractivity contribution in [2.75, 3.05) is 13.2 Å². The van der Waals surface area contributed by atoms with Crippen LogP contribution in [0.25, 0.3) is 0 Å². The largest absolute Gasteiger partial charge is 0.494 e. The predicted octanol–water partition coefficient (Wildman–Crippen LogP) is 4.49. The van der Waals surface area contributed by atoms with Gasteiger partial charge in [0.15, 0.2) is 0 Å². The predicted molar refractivity (Wildman–Crippen MR) is 123 cm³/mol. The number of nitro benzene ring substituents is 1. The summed E-state index contributed by atoms with van der Waals surface area (Å²) in [6, 6.07) is 19.0. The molecule has 0 atom stereocenters. The SMILES string of the molecule is Cc1ccc(C(=O)NCCCOc2ccc(C=O)cc2)c([N+](=O)[O-])c1OCc1ccccc1. The summed E-state index contributed by atoms with van der Waals surface area (Å²) in [7, 11) is 0. The van der Waals surface area contributed by atoms with Crippen molar-refractivity contribution < 1.29 is 24.0 Å². The third kappa shape index (κ3) is 6.39. The lowest BCUT2D eigenvalue weighted by Gasteiger charge is -2.13. The molecule has 1 N–H and O–H groups in total. The molecule has 0 radical (unpaired) electrons. The number of aryl methyl sites for hydroxylation is 1. The first-order valence-corrected chi connectivity index (χ1v) is 10.4. The van der Waals surface area contributed by atoms with E-state index in [4.69, 9.17) is 9.47 Å². The number of ether oxygens (including phenoxy) is 2. The molecule has 33 heavy (non-hydrogen) atoms. The van der Waals surface area contributed by atoms with Gasteiger partial charge in [-0.15, -0.1) is 0 Å². The van der Waals surface area contributed by atoms with Gasteiger partial charge >= 0.3 is 5.69 Å². The topological polar surface area (TPSA) is 108 Å². The maximum atomic E-state index is 12.7. The van der Waals surface area contributed by atoms with Gasteiger partial charge in [0.05, 0.1) is 11.5 Å². The van der Waals surface area contributed by atoms with E-state index in [2.05, 4.69) is 5.32 Å². The summed E-state index contributed by atoms with van der Waals surface area (Å²) in [5, 5.41) is 14.5. The van der Waals surface area contributed by atoms with Gasteiger partial charge in [-0.2, -0.15) is 0 Å². The zero-order valence-corrected chi connectivity index (χ0v) is 18.2.